The molecule has 1 fully saturated rings. The van der Waals surface area contributed by atoms with Gasteiger partial charge < -0.3 is 10.2 Å². The molecule has 146 valence electrons. The SMILES string of the molecule is Cc1nc(NCCNS(=O)(=O)Cc2cccc(Cl)c2)cc(N2CCCC2)n1. The Morgan fingerprint density at radius 3 is 2.67 bits per heavy atom. The van der Waals surface area contributed by atoms with E-state index in [9.17, 15) is 8.42 Å². The molecule has 0 bridgehead atoms. The third kappa shape index (κ3) is 6.05. The van der Waals surface area contributed by atoms with Gasteiger partial charge in [-0.05, 0) is 37.5 Å². The topological polar surface area (TPSA) is 87.2 Å². The highest BCUT2D eigenvalue weighted by Gasteiger charge is 2.15. The van der Waals surface area contributed by atoms with E-state index in [0.29, 0.717) is 28.8 Å². The maximum atomic E-state index is 12.2. The zero-order valence-corrected chi connectivity index (χ0v) is 16.9. The Morgan fingerprint density at radius 1 is 1.15 bits per heavy atom. The summed E-state index contributed by atoms with van der Waals surface area (Å²) in [6, 6.07) is 8.77. The van der Waals surface area contributed by atoms with Crippen molar-refractivity contribution in [1.29, 1.82) is 0 Å². The maximum Gasteiger partial charge on any atom is 0.215 e. The van der Waals surface area contributed by atoms with Crippen molar-refractivity contribution < 1.29 is 8.42 Å². The molecule has 2 heterocycles. The number of nitrogens with one attached hydrogen (secondary N) is 2. The second-order valence-electron chi connectivity index (χ2n) is 6.56. The first kappa shape index (κ1) is 19.9. The number of halogens is 1. The summed E-state index contributed by atoms with van der Waals surface area (Å²) in [6.45, 7) is 4.59. The minimum atomic E-state index is -3.42. The summed E-state index contributed by atoms with van der Waals surface area (Å²) in [7, 11) is -3.42. The predicted octanol–water partition coefficient (Wildman–Crippen LogP) is 2.57. The van der Waals surface area contributed by atoms with Crippen LogP contribution >= 0.6 is 11.6 Å². The molecular weight excluding hydrogens is 386 g/mol. The fraction of sp³-hybridized carbons (Fsp3) is 0.444. The molecule has 3 rings (SSSR count). The molecule has 0 aliphatic carbocycles. The molecule has 9 heteroatoms. The van der Waals surface area contributed by atoms with E-state index in [1.807, 2.05) is 13.0 Å². The van der Waals surface area contributed by atoms with Gasteiger partial charge in [-0.2, -0.15) is 0 Å². The quantitative estimate of drug-likeness (QED) is 0.651. The van der Waals surface area contributed by atoms with Gasteiger partial charge in [0.15, 0.2) is 0 Å². The third-order valence-electron chi connectivity index (χ3n) is 4.25. The fourth-order valence-electron chi connectivity index (χ4n) is 3.05. The molecule has 1 aliphatic heterocycles. The summed E-state index contributed by atoms with van der Waals surface area (Å²) in [4.78, 5) is 11.1. The van der Waals surface area contributed by atoms with Gasteiger partial charge in [0.25, 0.3) is 0 Å². The van der Waals surface area contributed by atoms with Crippen LogP contribution in [-0.2, 0) is 15.8 Å². The van der Waals surface area contributed by atoms with Gasteiger partial charge in [-0.1, -0.05) is 23.7 Å². The Balaban J connectivity index is 1.51. The Kier molecular flexibility index (Phi) is 6.51. The van der Waals surface area contributed by atoms with Gasteiger partial charge in [-0.15, -0.1) is 0 Å². The first-order chi connectivity index (χ1) is 12.9. The maximum absolute atomic E-state index is 12.2. The van der Waals surface area contributed by atoms with Gasteiger partial charge in [0.1, 0.15) is 17.5 Å². The number of hydrogen-bond donors (Lipinski definition) is 2. The second kappa shape index (κ2) is 8.86. The standard InChI is InChI=1S/C18H24ClN5O2S/c1-14-22-17(12-18(23-14)24-9-2-3-10-24)20-7-8-21-27(25,26)13-15-5-4-6-16(19)11-15/h4-6,11-12,21H,2-3,7-10,13H2,1H3,(H,20,22,23). The van der Waals surface area contributed by atoms with Gasteiger partial charge in [-0.25, -0.2) is 23.1 Å². The molecule has 0 unspecified atom stereocenters. The van der Waals surface area contributed by atoms with Gasteiger partial charge in [0.05, 0.1) is 5.75 Å². The zero-order valence-electron chi connectivity index (χ0n) is 15.3. The van der Waals surface area contributed by atoms with Crippen LogP contribution in [0, 0.1) is 6.92 Å². The van der Waals surface area contributed by atoms with Crippen LogP contribution in [0.3, 0.4) is 0 Å². The largest absolute Gasteiger partial charge is 0.369 e. The number of sulfonamides is 1. The summed E-state index contributed by atoms with van der Waals surface area (Å²) in [5.74, 6) is 2.23. The average molecular weight is 410 g/mol. The average Bonchev–Trinajstić information content (AvgIpc) is 3.13. The highest BCUT2D eigenvalue weighted by Crippen LogP contribution is 2.20. The molecule has 0 atom stereocenters. The van der Waals surface area contributed by atoms with E-state index in [-0.39, 0.29) is 12.3 Å². The molecule has 1 saturated heterocycles. The van der Waals surface area contributed by atoms with Crippen LogP contribution in [0.2, 0.25) is 5.02 Å². The number of aryl methyl sites for hydroxylation is 1. The number of rotatable bonds is 8. The van der Waals surface area contributed by atoms with Crippen molar-refractivity contribution in [2.24, 2.45) is 0 Å². The first-order valence-corrected chi connectivity index (χ1v) is 11.0. The minimum Gasteiger partial charge on any atom is -0.369 e. The highest BCUT2D eigenvalue weighted by atomic mass is 35.5. The number of nitrogens with zero attached hydrogens (tertiary/aromatic N) is 3. The summed E-state index contributed by atoms with van der Waals surface area (Å²) in [5.41, 5.74) is 0.657. The Hall–Kier alpha value is -1.90. The molecule has 0 saturated carbocycles. The molecule has 27 heavy (non-hydrogen) atoms. The lowest BCUT2D eigenvalue weighted by atomic mass is 10.2. The summed E-state index contributed by atoms with van der Waals surface area (Å²) in [5, 5.41) is 3.69. The molecule has 1 aromatic heterocycles. The molecule has 7 nitrogen and oxygen atoms in total. The van der Waals surface area contributed by atoms with Gasteiger partial charge in [-0.3, -0.25) is 0 Å². The van der Waals surface area contributed by atoms with Crippen LogP contribution in [0.15, 0.2) is 30.3 Å². The third-order valence-corrected chi connectivity index (χ3v) is 5.85. The van der Waals surface area contributed by atoms with E-state index in [4.69, 9.17) is 11.6 Å². The van der Waals surface area contributed by atoms with Crippen LogP contribution in [0.25, 0.3) is 0 Å². The summed E-state index contributed by atoms with van der Waals surface area (Å²) >= 11 is 5.90. The normalized spacial score (nSPS) is 14.5. The van der Waals surface area contributed by atoms with Gasteiger partial charge in [0, 0.05) is 37.3 Å². The number of hydrogen-bond acceptors (Lipinski definition) is 6. The predicted molar refractivity (Wildman–Crippen MR) is 109 cm³/mol. The van der Waals surface area contributed by atoms with E-state index >= 15 is 0 Å². The summed E-state index contributed by atoms with van der Waals surface area (Å²) < 4.78 is 27.0. The van der Waals surface area contributed by atoms with Gasteiger partial charge >= 0.3 is 0 Å². The smallest absolute Gasteiger partial charge is 0.215 e. The summed E-state index contributed by atoms with van der Waals surface area (Å²) in [6.07, 6.45) is 2.36. The van der Waals surface area contributed by atoms with Crippen molar-refractivity contribution >= 4 is 33.3 Å². The van der Waals surface area contributed by atoms with Crippen molar-refractivity contribution in [3.8, 4) is 0 Å². The van der Waals surface area contributed by atoms with Crippen LogP contribution in [0.1, 0.15) is 24.2 Å². The molecule has 2 aromatic rings. The van der Waals surface area contributed by atoms with E-state index < -0.39 is 10.0 Å². The van der Waals surface area contributed by atoms with E-state index in [2.05, 4.69) is 24.9 Å². The lowest BCUT2D eigenvalue weighted by molar-refractivity contribution is 0.582. The molecule has 0 spiro atoms. The van der Waals surface area contributed by atoms with E-state index in [1.54, 1.807) is 24.3 Å². The molecule has 0 radical (unpaired) electrons. The Bertz CT molecular complexity index is 885. The number of anilines is 2. The zero-order chi connectivity index (χ0) is 19.3. The van der Waals surface area contributed by atoms with Gasteiger partial charge in [0.2, 0.25) is 10.0 Å². The molecule has 1 aliphatic rings. The number of benzene rings is 1. The number of aromatic nitrogens is 2. The first-order valence-electron chi connectivity index (χ1n) is 8.97. The van der Waals surface area contributed by atoms with Crippen molar-refractivity contribution in [2.75, 3.05) is 36.4 Å². The van der Waals surface area contributed by atoms with E-state index in [1.165, 1.54) is 12.8 Å². The lowest BCUT2D eigenvalue weighted by Crippen LogP contribution is -2.30. The fourth-order valence-corrected chi connectivity index (χ4v) is 4.39. The Morgan fingerprint density at radius 2 is 1.93 bits per heavy atom. The molecule has 2 N–H and O–H groups in total. The minimum absolute atomic E-state index is 0.0979. The van der Waals surface area contributed by atoms with Crippen LogP contribution in [0.5, 0.6) is 0 Å². The van der Waals surface area contributed by atoms with Crippen molar-refractivity contribution in [1.82, 2.24) is 14.7 Å². The Labute approximate surface area is 165 Å². The van der Waals surface area contributed by atoms with Crippen molar-refractivity contribution in [3.63, 3.8) is 0 Å². The highest BCUT2D eigenvalue weighted by molar-refractivity contribution is 7.88. The van der Waals surface area contributed by atoms with Crippen molar-refractivity contribution in [2.45, 2.75) is 25.5 Å². The van der Waals surface area contributed by atoms with Crippen molar-refractivity contribution in [3.05, 3.63) is 46.7 Å². The van der Waals surface area contributed by atoms with Crippen LogP contribution < -0.4 is 14.9 Å². The molecule has 0 amide bonds. The monoisotopic (exact) mass is 409 g/mol. The molecule has 1 aromatic carbocycles. The second-order valence-corrected chi connectivity index (χ2v) is 8.81. The van der Waals surface area contributed by atoms with Crippen LogP contribution in [-0.4, -0.2) is 44.6 Å². The molecular formula is C18H24ClN5O2S. The van der Waals surface area contributed by atoms with E-state index in [0.717, 1.165) is 18.9 Å². The van der Waals surface area contributed by atoms with Crippen LogP contribution in [0.4, 0.5) is 11.6 Å². The lowest BCUT2D eigenvalue weighted by Gasteiger charge is -2.17.